The fourth-order valence-corrected chi connectivity index (χ4v) is 3.34. The molecule has 8 heteroatoms. The Labute approximate surface area is 147 Å². The molecule has 0 bridgehead atoms. The van der Waals surface area contributed by atoms with Crippen LogP contribution in [0.1, 0.15) is 19.3 Å². The summed E-state index contributed by atoms with van der Waals surface area (Å²) >= 11 is 0. The Balaban J connectivity index is 0.00000208. The van der Waals surface area contributed by atoms with Crippen LogP contribution < -0.4 is 10.2 Å². The number of anilines is 1. The average Bonchev–Trinajstić information content (AvgIpc) is 2.62. The summed E-state index contributed by atoms with van der Waals surface area (Å²) in [7, 11) is 0. The van der Waals surface area contributed by atoms with Crippen molar-refractivity contribution < 1.29 is 9.72 Å². The maximum atomic E-state index is 12.5. The summed E-state index contributed by atoms with van der Waals surface area (Å²) in [6, 6.07) is 6.74. The predicted octanol–water partition coefficient (Wildman–Crippen LogP) is 1.81. The Morgan fingerprint density at radius 1 is 1.17 bits per heavy atom. The zero-order valence-electron chi connectivity index (χ0n) is 13.5. The molecule has 0 spiro atoms. The lowest BCUT2D eigenvalue weighted by molar-refractivity contribution is -0.384. The van der Waals surface area contributed by atoms with Crippen LogP contribution in [-0.4, -0.2) is 54.5 Å². The largest absolute Gasteiger partial charge is 0.362 e. The van der Waals surface area contributed by atoms with Crippen molar-refractivity contribution in [2.75, 3.05) is 37.6 Å². The molecule has 0 unspecified atom stereocenters. The van der Waals surface area contributed by atoms with Gasteiger partial charge in [-0.1, -0.05) is 18.6 Å². The molecule has 1 aromatic carbocycles. The number of amides is 1. The van der Waals surface area contributed by atoms with E-state index in [4.69, 9.17) is 0 Å². The molecule has 1 N–H and O–H groups in total. The third-order valence-corrected chi connectivity index (χ3v) is 4.62. The molecule has 0 radical (unpaired) electrons. The fraction of sp³-hybridized carbons (Fsp3) is 0.562. The lowest BCUT2D eigenvalue weighted by Crippen LogP contribution is -2.55. The Hall–Kier alpha value is -1.86. The molecule has 7 nitrogen and oxygen atoms in total. The number of hydrogen-bond donors (Lipinski definition) is 1. The zero-order valence-corrected chi connectivity index (χ0v) is 14.3. The maximum Gasteiger partial charge on any atom is 0.292 e. The summed E-state index contributed by atoms with van der Waals surface area (Å²) in [6.45, 7) is 3.39. The Morgan fingerprint density at radius 3 is 2.50 bits per heavy atom. The van der Waals surface area contributed by atoms with Crippen LogP contribution in [0.2, 0.25) is 0 Å². The molecule has 2 aliphatic rings. The van der Waals surface area contributed by atoms with Gasteiger partial charge in [0, 0.05) is 32.2 Å². The van der Waals surface area contributed by atoms with Crippen molar-refractivity contribution in [2.45, 2.75) is 25.3 Å². The van der Waals surface area contributed by atoms with Crippen molar-refractivity contribution in [2.24, 2.45) is 0 Å². The third-order valence-electron chi connectivity index (χ3n) is 4.62. The molecule has 1 aromatic rings. The van der Waals surface area contributed by atoms with Crippen LogP contribution in [0.15, 0.2) is 24.3 Å². The number of carbonyl (C=O) groups excluding carboxylic acids is 1. The first kappa shape index (κ1) is 18.5. The number of nitro benzene ring substituents is 1. The van der Waals surface area contributed by atoms with Gasteiger partial charge < -0.3 is 15.1 Å². The van der Waals surface area contributed by atoms with Crippen LogP contribution in [0.4, 0.5) is 11.4 Å². The summed E-state index contributed by atoms with van der Waals surface area (Å²) in [4.78, 5) is 27.2. The first-order valence-corrected chi connectivity index (χ1v) is 8.17. The van der Waals surface area contributed by atoms with Crippen LogP contribution in [0.3, 0.4) is 0 Å². The van der Waals surface area contributed by atoms with Gasteiger partial charge in [-0.3, -0.25) is 14.9 Å². The van der Waals surface area contributed by atoms with E-state index >= 15 is 0 Å². The molecule has 2 fully saturated rings. The van der Waals surface area contributed by atoms with Crippen molar-refractivity contribution in [3.05, 3.63) is 34.4 Å². The van der Waals surface area contributed by atoms with Crippen LogP contribution in [-0.2, 0) is 4.79 Å². The van der Waals surface area contributed by atoms with Crippen molar-refractivity contribution >= 4 is 29.7 Å². The number of halogens is 1. The summed E-state index contributed by atoms with van der Waals surface area (Å²) in [6.07, 6.45) is 3.14. The van der Waals surface area contributed by atoms with Crippen LogP contribution in [0.5, 0.6) is 0 Å². The highest BCUT2D eigenvalue weighted by atomic mass is 35.5. The van der Waals surface area contributed by atoms with E-state index in [1.807, 2.05) is 15.9 Å². The second-order valence-corrected chi connectivity index (χ2v) is 6.06. The molecule has 24 heavy (non-hydrogen) atoms. The highest BCUT2D eigenvalue weighted by Gasteiger charge is 2.29. The highest BCUT2D eigenvalue weighted by Crippen LogP contribution is 2.28. The number of nitrogens with zero attached hydrogens (tertiary/aromatic N) is 3. The normalized spacial score (nSPS) is 21.1. The number of nitro groups is 1. The molecule has 3 rings (SSSR count). The SMILES string of the molecule is Cl.O=C([C@@H]1CCCCN1)N1CCN(c2ccccc2[N+](=O)[O-])CC1. The fourth-order valence-electron chi connectivity index (χ4n) is 3.34. The predicted molar refractivity (Wildman–Crippen MR) is 94.8 cm³/mol. The van der Waals surface area contributed by atoms with Gasteiger partial charge in [-0.25, -0.2) is 0 Å². The van der Waals surface area contributed by atoms with Crippen LogP contribution in [0.25, 0.3) is 0 Å². The first-order valence-electron chi connectivity index (χ1n) is 8.17. The van der Waals surface area contributed by atoms with Gasteiger partial charge in [0.15, 0.2) is 0 Å². The molecule has 2 heterocycles. The molecule has 0 aliphatic carbocycles. The van der Waals surface area contributed by atoms with Crippen molar-refractivity contribution in [3.8, 4) is 0 Å². The summed E-state index contributed by atoms with van der Waals surface area (Å²) in [5.74, 6) is 0.173. The van der Waals surface area contributed by atoms with Gasteiger partial charge in [0.05, 0.1) is 11.0 Å². The van der Waals surface area contributed by atoms with E-state index in [2.05, 4.69) is 5.32 Å². The van der Waals surface area contributed by atoms with Gasteiger partial charge in [-0.2, -0.15) is 0 Å². The lowest BCUT2D eigenvalue weighted by Gasteiger charge is -2.38. The van der Waals surface area contributed by atoms with Gasteiger partial charge in [0.1, 0.15) is 5.69 Å². The minimum Gasteiger partial charge on any atom is -0.362 e. The number of piperidine rings is 1. The average molecular weight is 355 g/mol. The third kappa shape index (κ3) is 3.96. The minimum absolute atomic E-state index is 0. The molecular formula is C16H23ClN4O3. The highest BCUT2D eigenvalue weighted by molar-refractivity contribution is 5.85. The second kappa shape index (κ2) is 8.30. The molecule has 132 valence electrons. The number of rotatable bonds is 3. The summed E-state index contributed by atoms with van der Waals surface area (Å²) < 4.78 is 0. The molecular weight excluding hydrogens is 332 g/mol. The molecule has 2 saturated heterocycles. The number of piperazine rings is 1. The number of benzene rings is 1. The summed E-state index contributed by atoms with van der Waals surface area (Å²) in [5, 5.41) is 14.4. The van der Waals surface area contributed by atoms with Gasteiger partial charge in [-0.15, -0.1) is 12.4 Å². The molecule has 2 aliphatic heterocycles. The van der Waals surface area contributed by atoms with E-state index in [9.17, 15) is 14.9 Å². The van der Waals surface area contributed by atoms with E-state index in [-0.39, 0.29) is 35.0 Å². The van der Waals surface area contributed by atoms with Gasteiger partial charge in [-0.05, 0) is 25.5 Å². The first-order chi connectivity index (χ1) is 11.2. The Morgan fingerprint density at radius 2 is 1.88 bits per heavy atom. The van der Waals surface area contributed by atoms with E-state index in [1.54, 1.807) is 12.1 Å². The number of para-hydroxylation sites is 2. The van der Waals surface area contributed by atoms with E-state index in [0.717, 1.165) is 25.8 Å². The van der Waals surface area contributed by atoms with Gasteiger partial charge >= 0.3 is 0 Å². The molecule has 0 saturated carbocycles. The summed E-state index contributed by atoms with van der Waals surface area (Å²) in [5.41, 5.74) is 0.765. The van der Waals surface area contributed by atoms with E-state index in [0.29, 0.717) is 31.9 Å². The number of carbonyl (C=O) groups is 1. The van der Waals surface area contributed by atoms with Crippen molar-refractivity contribution in [1.29, 1.82) is 0 Å². The van der Waals surface area contributed by atoms with E-state index < -0.39 is 0 Å². The minimum atomic E-state index is -0.348. The number of nitrogens with one attached hydrogen (secondary N) is 1. The number of hydrogen-bond acceptors (Lipinski definition) is 5. The van der Waals surface area contributed by atoms with Crippen molar-refractivity contribution in [1.82, 2.24) is 10.2 Å². The topological polar surface area (TPSA) is 78.7 Å². The van der Waals surface area contributed by atoms with E-state index in [1.165, 1.54) is 6.07 Å². The smallest absolute Gasteiger partial charge is 0.292 e. The molecule has 0 aromatic heterocycles. The quantitative estimate of drug-likeness (QED) is 0.661. The van der Waals surface area contributed by atoms with Gasteiger partial charge in [0.25, 0.3) is 5.69 Å². The van der Waals surface area contributed by atoms with Crippen LogP contribution >= 0.6 is 12.4 Å². The van der Waals surface area contributed by atoms with Crippen molar-refractivity contribution in [3.63, 3.8) is 0 Å². The van der Waals surface area contributed by atoms with Crippen LogP contribution in [0, 0.1) is 10.1 Å². The lowest BCUT2D eigenvalue weighted by atomic mass is 10.0. The molecule has 1 atom stereocenters. The standard InChI is InChI=1S/C16H22N4O3.ClH/c21-16(13-5-3-4-8-17-13)19-11-9-18(10-12-19)14-6-1-2-7-15(14)20(22)23;/h1-2,6-7,13,17H,3-5,8-12H2;1H/t13-;/m0./s1. The Kier molecular flexibility index (Phi) is 6.39. The molecule has 1 amide bonds. The zero-order chi connectivity index (χ0) is 16.2. The van der Waals surface area contributed by atoms with Gasteiger partial charge in [0.2, 0.25) is 5.91 Å². The Bertz CT molecular complexity index is 584. The monoisotopic (exact) mass is 354 g/mol. The second-order valence-electron chi connectivity index (χ2n) is 6.06. The maximum absolute atomic E-state index is 12.5.